The number of nitrogens with one attached hydrogen (secondary N) is 3. The molecule has 0 spiro atoms. The SMILES string of the molecule is COc1ccc([C@H]2NC(=O)NC(C)=C2C(=O)NC2CCOCC2)cc1C. The van der Waals surface area contributed by atoms with Crippen molar-refractivity contribution in [1.29, 1.82) is 0 Å². The van der Waals surface area contributed by atoms with E-state index in [4.69, 9.17) is 9.47 Å². The summed E-state index contributed by atoms with van der Waals surface area (Å²) in [4.78, 5) is 24.9. The highest BCUT2D eigenvalue weighted by atomic mass is 16.5. The van der Waals surface area contributed by atoms with Gasteiger partial charge < -0.3 is 25.4 Å². The third-order valence-corrected chi connectivity index (χ3v) is 4.82. The zero-order valence-corrected chi connectivity index (χ0v) is 15.3. The predicted molar refractivity (Wildman–Crippen MR) is 96.8 cm³/mol. The second-order valence-electron chi connectivity index (χ2n) is 6.66. The highest BCUT2D eigenvalue weighted by molar-refractivity contribution is 5.98. The monoisotopic (exact) mass is 359 g/mol. The van der Waals surface area contributed by atoms with Crippen LogP contribution < -0.4 is 20.7 Å². The fourth-order valence-corrected chi connectivity index (χ4v) is 3.43. The molecular formula is C19H25N3O4. The lowest BCUT2D eigenvalue weighted by Crippen LogP contribution is -2.49. The number of ether oxygens (including phenoxy) is 2. The first-order valence-electron chi connectivity index (χ1n) is 8.81. The van der Waals surface area contributed by atoms with E-state index in [0.29, 0.717) is 24.5 Å². The van der Waals surface area contributed by atoms with Crippen LogP contribution in [0.15, 0.2) is 29.5 Å². The van der Waals surface area contributed by atoms with Crippen molar-refractivity contribution in [3.8, 4) is 5.75 Å². The minimum Gasteiger partial charge on any atom is -0.496 e. The second kappa shape index (κ2) is 7.78. The number of urea groups is 1. The summed E-state index contributed by atoms with van der Waals surface area (Å²) in [6, 6.07) is 4.92. The van der Waals surface area contributed by atoms with E-state index < -0.39 is 6.04 Å². The van der Waals surface area contributed by atoms with Crippen LogP contribution in [-0.2, 0) is 9.53 Å². The number of aryl methyl sites for hydroxylation is 1. The van der Waals surface area contributed by atoms with Crippen molar-refractivity contribution in [1.82, 2.24) is 16.0 Å². The van der Waals surface area contributed by atoms with E-state index >= 15 is 0 Å². The van der Waals surface area contributed by atoms with Gasteiger partial charge in [-0.25, -0.2) is 4.79 Å². The van der Waals surface area contributed by atoms with Crippen molar-refractivity contribution in [2.45, 2.75) is 38.8 Å². The molecule has 7 heteroatoms. The van der Waals surface area contributed by atoms with Crippen LogP contribution in [0.3, 0.4) is 0 Å². The summed E-state index contributed by atoms with van der Waals surface area (Å²) in [6.07, 6.45) is 1.59. The van der Waals surface area contributed by atoms with Crippen LogP contribution >= 0.6 is 0 Å². The molecule has 2 heterocycles. The molecule has 0 bridgehead atoms. The van der Waals surface area contributed by atoms with Crippen LogP contribution in [0.25, 0.3) is 0 Å². The minimum absolute atomic E-state index is 0.0902. The molecule has 3 N–H and O–H groups in total. The molecule has 0 radical (unpaired) electrons. The molecule has 1 aromatic carbocycles. The number of benzene rings is 1. The van der Waals surface area contributed by atoms with Gasteiger partial charge in [-0.2, -0.15) is 0 Å². The van der Waals surface area contributed by atoms with Gasteiger partial charge >= 0.3 is 6.03 Å². The highest BCUT2D eigenvalue weighted by Gasteiger charge is 2.32. The lowest BCUT2D eigenvalue weighted by atomic mass is 9.93. The third kappa shape index (κ3) is 3.83. The molecule has 0 unspecified atom stereocenters. The summed E-state index contributed by atoms with van der Waals surface area (Å²) in [5.41, 5.74) is 2.88. The van der Waals surface area contributed by atoms with Crippen molar-refractivity contribution < 1.29 is 19.1 Å². The normalized spacial score (nSPS) is 21.0. The Morgan fingerprint density at radius 1 is 1.27 bits per heavy atom. The summed E-state index contributed by atoms with van der Waals surface area (Å²) in [5.74, 6) is 0.600. The largest absolute Gasteiger partial charge is 0.496 e. The molecule has 140 valence electrons. The van der Waals surface area contributed by atoms with Crippen molar-refractivity contribution in [3.05, 3.63) is 40.6 Å². The van der Waals surface area contributed by atoms with Crippen LogP contribution in [-0.4, -0.2) is 38.3 Å². The third-order valence-electron chi connectivity index (χ3n) is 4.82. The molecule has 1 fully saturated rings. The van der Waals surface area contributed by atoms with E-state index in [9.17, 15) is 9.59 Å². The topological polar surface area (TPSA) is 88.7 Å². The number of methoxy groups -OCH3 is 1. The van der Waals surface area contributed by atoms with E-state index in [-0.39, 0.29) is 18.0 Å². The minimum atomic E-state index is -0.506. The maximum atomic E-state index is 12.9. The average Bonchev–Trinajstić information content (AvgIpc) is 2.61. The maximum absolute atomic E-state index is 12.9. The van der Waals surface area contributed by atoms with Gasteiger partial charge in [0.05, 0.1) is 18.7 Å². The molecule has 2 aliphatic heterocycles. The molecule has 7 nitrogen and oxygen atoms in total. The van der Waals surface area contributed by atoms with Crippen LogP contribution in [0.1, 0.15) is 36.9 Å². The van der Waals surface area contributed by atoms with Gasteiger partial charge in [-0.05, 0) is 49.9 Å². The Hall–Kier alpha value is -2.54. The Labute approximate surface area is 153 Å². The first kappa shape index (κ1) is 18.3. The van der Waals surface area contributed by atoms with Crippen molar-refractivity contribution in [2.75, 3.05) is 20.3 Å². The van der Waals surface area contributed by atoms with Crippen molar-refractivity contribution in [2.24, 2.45) is 0 Å². The van der Waals surface area contributed by atoms with E-state index in [1.807, 2.05) is 25.1 Å². The number of amides is 3. The highest BCUT2D eigenvalue weighted by Crippen LogP contribution is 2.30. The molecule has 26 heavy (non-hydrogen) atoms. The maximum Gasteiger partial charge on any atom is 0.319 e. The van der Waals surface area contributed by atoms with Gasteiger partial charge in [-0.1, -0.05) is 6.07 Å². The second-order valence-corrected chi connectivity index (χ2v) is 6.66. The number of carbonyl (C=O) groups is 2. The first-order chi connectivity index (χ1) is 12.5. The molecule has 3 amide bonds. The first-order valence-corrected chi connectivity index (χ1v) is 8.81. The lowest BCUT2D eigenvalue weighted by Gasteiger charge is -2.31. The van der Waals surface area contributed by atoms with Gasteiger partial charge in [0.1, 0.15) is 5.75 Å². The predicted octanol–water partition coefficient (Wildman–Crippen LogP) is 1.93. The van der Waals surface area contributed by atoms with Crippen molar-refractivity contribution >= 4 is 11.9 Å². The number of carbonyl (C=O) groups excluding carboxylic acids is 2. The van der Waals surface area contributed by atoms with Gasteiger partial charge in [0.25, 0.3) is 5.91 Å². The standard InChI is InChI=1S/C19H25N3O4/c1-11-10-13(4-5-15(11)25-3)17-16(12(2)20-19(24)22-17)18(23)21-14-6-8-26-9-7-14/h4-5,10,14,17H,6-9H2,1-3H3,(H,21,23)(H2,20,22,24)/t17-/m1/s1. The average molecular weight is 359 g/mol. The molecular weight excluding hydrogens is 334 g/mol. The fraction of sp³-hybridized carbons (Fsp3) is 0.474. The summed E-state index contributed by atoms with van der Waals surface area (Å²) >= 11 is 0. The Kier molecular flexibility index (Phi) is 5.46. The van der Waals surface area contributed by atoms with Crippen molar-refractivity contribution in [3.63, 3.8) is 0 Å². The van der Waals surface area contributed by atoms with Gasteiger partial charge in [0, 0.05) is 25.0 Å². The van der Waals surface area contributed by atoms with E-state index in [2.05, 4.69) is 16.0 Å². The van der Waals surface area contributed by atoms with Gasteiger partial charge in [0.15, 0.2) is 0 Å². The molecule has 0 saturated carbocycles. The molecule has 1 atom stereocenters. The Bertz CT molecular complexity index is 738. The summed E-state index contributed by atoms with van der Waals surface area (Å²) in [5, 5.41) is 8.64. The summed E-state index contributed by atoms with van der Waals surface area (Å²) in [6.45, 7) is 4.99. The Morgan fingerprint density at radius 3 is 2.65 bits per heavy atom. The van der Waals surface area contributed by atoms with Crippen LogP contribution in [0.2, 0.25) is 0 Å². The van der Waals surface area contributed by atoms with E-state index in [1.54, 1.807) is 14.0 Å². The quantitative estimate of drug-likeness (QED) is 0.766. The molecule has 2 aliphatic rings. The van der Waals surface area contributed by atoms with Gasteiger partial charge in [-0.3, -0.25) is 4.79 Å². The Morgan fingerprint density at radius 2 is 2.00 bits per heavy atom. The van der Waals surface area contributed by atoms with Crippen LogP contribution in [0, 0.1) is 6.92 Å². The fourth-order valence-electron chi connectivity index (χ4n) is 3.43. The molecule has 0 aliphatic carbocycles. The van der Waals surface area contributed by atoms with Gasteiger partial charge in [0.2, 0.25) is 0 Å². The molecule has 3 rings (SSSR count). The van der Waals surface area contributed by atoms with Crippen LogP contribution in [0.4, 0.5) is 4.79 Å². The number of allylic oxidation sites excluding steroid dienone is 1. The number of rotatable bonds is 4. The number of hydrogen-bond donors (Lipinski definition) is 3. The molecule has 0 aromatic heterocycles. The Balaban J connectivity index is 1.88. The van der Waals surface area contributed by atoms with Crippen LogP contribution in [0.5, 0.6) is 5.75 Å². The smallest absolute Gasteiger partial charge is 0.319 e. The molecule has 1 aromatic rings. The van der Waals surface area contributed by atoms with E-state index in [0.717, 1.165) is 29.7 Å². The summed E-state index contributed by atoms with van der Waals surface area (Å²) < 4.78 is 10.6. The summed E-state index contributed by atoms with van der Waals surface area (Å²) in [7, 11) is 1.62. The molecule has 1 saturated heterocycles. The zero-order chi connectivity index (χ0) is 18.7. The lowest BCUT2D eigenvalue weighted by molar-refractivity contribution is -0.119. The zero-order valence-electron chi connectivity index (χ0n) is 15.3. The number of hydrogen-bond acceptors (Lipinski definition) is 4. The van der Waals surface area contributed by atoms with E-state index in [1.165, 1.54) is 0 Å². The van der Waals surface area contributed by atoms with Gasteiger partial charge in [-0.15, -0.1) is 0 Å².